The Bertz CT molecular complexity index is 612. The van der Waals surface area contributed by atoms with Crippen LogP contribution in [0.1, 0.15) is 37.7 Å². The van der Waals surface area contributed by atoms with Gasteiger partial charge in [0.25, 0.3) is 0 Å². The lowest BCUT2D eigenvalue weighted by molar-refractivity contribution is -0.119. The normalized spacial score (nSPS) is 12.1. The molecule has 1 N–H and O–H groups in total. The van der Waals surface area contributed by atoms with Gasteiger partial charge in [0.1, 0.15) is 5.82 Å². The number of hydrogen-bond donors (Lipinski definition) is 1. The lowest BCUT2D eigenvalue weighted by Crippen LogP contribution is -2.28. The van der Waals surface area contributed by atoms with E-state index in [4.69, 9.17) is 0 Å². The van der Waals surface area contributed by atoms with E-state index in [1.54, 1.807) is 0 Å². The molecule has 0 spiro atoms. The van der Waals surface area contributed by atoms with Crippen molar-refractivity contribution in [3.63, 3.8) is 0 Å². The minimum absolute atomic E-state index is 0.00421. The van der Waals surface area contributed by atoms with E-state index < -0.39 is 0 Å². The van der Waals surface area contributed by atoms with Crippen molar-refractivity contribution in [1.29, 1.82) is 0 Å². The minimum Gasteiger partial charge on any atom is -0.349 e. The van der Waals surface area contributed by atoms with E-state index >= 15 is 0 Å². The van der Waals surface area contributed by atoms with Crippen LogP contribution in [0.3, 0.4) is 0 Å². The molecule has 1 aromatic carbocycles. The Hall–Kier alpha value is -1.82. The van der Waals surface area contributed by atoms with Gasteiger partial charge in [0.15, 0.2) is 5.16 Å². The summed E-state index contributed by atoms with van der Waals surface area (Å²) >= 11 is 1.43. The average molecular weight is 318 g/mol. The van der Waals surface area contributed by atoms with Gasteiger partial charge in [-0.25, -0.2) is 0 Å². The standard InChI is InChI=1S/C16H22N4OS/c1-4-10-20-13(3)18-19-16(20)22-11-15(21)17-12(2)14-8-6-5-7-9-14/h5-9,12H,4,10-11H2,1-3H3,(H,17,21). The average Bonchev–Trinajstić information content (AvgIpc) is 2.87. The Morgan fingerprint density at radius 3 is 2.73 bits per heavy atom. The highest BCUT2D eigenvalue weighted by Crippen LogP contribution is 2.18. The summed E-state index contributed by atoms with van der Waals surface area (Å²) < 4.78 is 2.05. The number of nitrogens with zero attached hydrogens (tertiary/aromatic N) is 3. The fourth-order valence-corrected chi connectivity index (χ4v) is 3.01. The van der Waals surface area contributed by atoms with Crippen LogP contribution >= 0.6 is 11.8 Å². The summed E-state index contributed by atoms with van der Waals surface area (Å²) in [5.74, 6) is 1.24. The van der Waals surface area contributed by atoms with Gasteiger partial charge in [-0.3, -0.25) is 4.79 Å². The molecular formula is C16H22N4OS. The van der Waals surface area contributed by atoms with E-state index in [0.29, 0.717) is 5.75 Å². The molecule has 1 aromatic heterocycles. The molecule has 0 aliphatic carbocycles. The summed E-state index contributed by atoms with van der Waals surface area (Å²) in [5, 5.41) is 12.0. The Labute approximate surface area is 135 Å². The van der Waals surface area contributed by atoms with E-state index in [1.807, 2.05) is 44.2 Å². The molecule has 0 saturated heterocycles. The van der Waals surface area contributed by atoms with Crippen LogP contribution in [0.5, 0.6) is 0 Å². The first-order valence-electron chi connectivity index (χ1n) is 7.48. The zero-order valence-electron chi connectivity index (χ0n) is 13.2. The van der Waals surface area contributed by atoms with Crippen LogP contribution in [-0.4, -0.2) is 26.4 Å². The molecule has 118 valence electrons. The van der Waals surface area contributed by atoms with Crippen LogP contribution in [0.2, 0.25) is 0 Å². The van der Waals surface area contributed by atoms with Gasteiger partial charge >= 0.3 is 0 Å². The smallest absolute Gasteiger partial charge is 0.230 e. The van der Waals surface area contributed by atoms with Crippen LogP contribution in [0.15, 0.2) is 35.5 Å². The molecule has 0 saturated carbocycles. The summed E-state index contributed by atoms with van der Waals surface area (Å²) in [7, 11) is 0. The van der Waals surface area contributed by atoms with E-state index in [1.165, 1.54) is 11.8 Å². The molecule has 1 atom stereocenters. The second-order valence-corrected chi connectivity index (χ2v) is 6.11. The van der Waals surface area contributed by atoms with Crippen molar-refractivity contribution in [1.82, 2.24) is 20.1 Å². The number of hydrogen-bond acceptors (Lipinski definition) is 4. The van der Waals surface area contributed by atoms with Crippen molar-refractivity contribution in [2.24, 2.45) is 0 Å². The maximum absolute atomic E-state index is 12.1. The van der Waals surface area contributed by atoms with Gasteiger partial charge in [-0.2, -0.15) is 0 Å². The molecule has 1 unspecified atom stereocenters. The van der Waals surface area contributed by atoms with Crippen LogP contribution in [-0.2, 0) is 11.3 Å². The second kappa shape index (κ2) is 7.98. The van der Waals surface area contributed by atoms with Crippen molar-refractivity contribution >= 4 is 17.7 Å². The third-order valence-electron chi connectivity index (χ3n) is 3.36. The van der Waals surface area contributed by atoms with Crippen molar-refractivity contribution in [2.75, 3.05) is 5.75 Å². The SMILES string of the molecule is CCCn1c(C)nnc1SCC(=O)NC(C)c1ccccc1. The van der Waals surface area contributed by atoms with Gasteiger partial charge in [0.2, 0.25) is 5.91 Å². The first-order valence-corrected chi connectivity index (χ1v) is 8.47. The lowest BCUT2D eigenvalue weighted by atomic mass is 10.1. The predicted molar refractivity (Wildman–Crippen MR) is 88.8 cm³/mol. The maximum Gasteiger partial charge on any atom is 0.230 e. The number of amides is 1. The molecule has 6 heteroatoms. The third kappa shape index (κ3) is 4.34. The molecule has 0 radical (unpaired) electrons. The topological polar surface area (TPSA) is 59.8 Å². The number of thioether (sulfide) groups is 1. The van der Waals surface area contributed by atoms with Crippen molar-refractivity contribution in [3.05, 3.63) is 41.7 Å². The molecule has 2 aromatic rings. The molecule has 0 aliphatic heterocycles. The minimum atomic E-state index is 0.00421. The van der Waals surface area contributed by atoms with E-state index in [-0.39, 0.29) is 11.9 Å². The van der Waals surface area contributed by atoms with Gasteiger partial charge in [-0.15, -0.1) is 10.2 Å². The fraction of sp³-hybridized carbons (Fsp3) is 0.438. The summed E-state index contributed by atoms with van der Waals surface area (Å²) in [6.07, 6.45) is 1.02. The van der Waals surface area contributed by atoms with E-state index in [0.717, 1.165) is 29.5 Å². The fourth-order valence-electron chi connectivity index (χ4n) is 2.19. The quantitative estimate of drug-likeness (QED) is 0.797. The van der Waals surface area contributed by atoms with Crippen LogP contribution in [0.25, 0.3) is 0 Å². The van der Waals surface area contributed by atoms with Crippen molar-refractivity contribution in [2.45, 2.75) is 44.9 Å². The highest BCUT2D eigenvalue weighted by atomic mass is 32.2. The van der Waals surface area contributed by atoms with Gasteiger partial charge in [0, 0.05) is 6.54 Å². The number of aryl methyl sites for hydroxylation is 1. The number of nitrogens with one attached hydrogen (secondary N) is 1. The molecule has 1 heterocycles. The number of rotatable bonds is 7. The zero-order chi connectivity index (χ0) is 15.9. The highest BCUT2D eigenvalue weighted by Gasteiger charge is 2.13. The Morgan fingerprint density at radius 2 is 2.05 bits per heavy atom. The Balaban J connectivity index is 1.88. The Kier molecular flexibility index (Phi) is 6.00. The van der Waals surface area contributed by atoms with Gasteiger partial charge < -0.3 is 9.88 Å². The number of carbonyl (C=O) groups excluding carboxylic acids is 1. The molecule has 5 nitrogen and oxygen atoms in total. The predicted octanol–water partition coefficient (Wildman–Crippen LogP) is 2.97. The number of aromatic nitrogens is 3. The second-order valence-electron chi connectivity index (χ2n) is 5.17. The van der Waals surface area contributed by atoms with Crippen molar-refractivity contribution < 1.29 is 4.79 Å². The Morgan fingerprint density at radius 1 is 1.32 bits per heavy atom. The van der Waals surface area contributed by atoms with Gasteiger partial charge in [-0.1, -0.05) is 49.0 Å². The summed E-state index contributed by atoms with van der Waals surface area (Å²) in [4.78, 5) is 12.1. The summed E-state index contributed by atoms with van der Waals surface area (Å²) in [5.41, 5.74) is 1.10. The highest BCUT2D eigenvalue weighted by molar-refractivity contribution is 7.99. The molecule has 0 aliphatic rings. The molecule has 1 amide bonds. The monoisotopic (exact) mass is 318 g/mol. The zero-order valence-corrected chi connectivity index (χ0v) is 14.1. The maximum atomic E-state index is 12.1. The third-order valence-corrected chi connectivity index (χ3v) is 4.33. The first kappa shape index (κ1) is 16.5. The van der Waals surface area contributed by atoms with E-state index in [9.17, 15) is 4.79 Å². The number of benzene rings is 1. The van der Waals surface area contributed by atoms with Crippen LogP contribution in [0, 0.1) is 6.92 Å². The molecule has 2 rings (SSSR count). The van der Waals surface area contributed by atoms with Gasteiger partial charge in [-0.05, 0) is 25.8 Å². The van der Waals surface area contributed by atoms with Gasteiger partial charge in [0.05, 0.1) is 11.8 Å². The summed E-state index contributed by atoms with van der Waals surface area (Å²) in [6, 6.07) is 9.95. The van der Waals surface area contributed by atoms with Crippen LogP contribution < -0.4 is 5.32 Å². The largest absolute Gasteiger partial charge is 0.349 e. The molecule has 0 bridgehead atoms. The molecule has 0 fully saturated rings. The van der Waals surface area contributed by atoms with Crippen LogP contribution in [0.4, 0.5) is 0 Å². The van der Waals surface area contributed by atoms with Crippen molar-refractivity contribution in [3.8, 4) is 0 Å². The summed E-state index contributed by atoms with van der Waals surface area (Å²) in [6.45, 7) is 6.91. The lowest BCUT2D eigenvalue weighted by Gasteiger charge is -2.14. The molecular weight excluding hydrogens is 296 g/mol. The van der Waals surface area contributed by atoms with E-state index in [2.05, 4.69) is 27.0 Å². The molecule has 22 heavy (non-hydrogen) atoms. The first-order chi connectivity index (χ1) is 10.6. The number of carbonyl (C=O) groups is 1.